The van der Waals surface area contributed by atoms with Crippen LogP contribution in [-0.4, -0.2) is 6.10 Å². The van der Waals surface area contributed by atoms with Crippen LogP contribution in [0.5, 0.6) is 0 Å². The average Bonchev–Trinajstić information content (AvgIpc) is 2.62. The lowest BCUT2D eigenvalue weighted by molar-refractivity contribution is 0.0133. The van der Waals surface area contributed by atoms with Gasteiger partial charge in [-0.05, 0) is 63.5 Å². The van der Waals surface area contributed by atoms with Crippen molar-refractivity contribution in [1.29, 1.82) is 0 Å². The van der Waals surface area contributed by atoms with Gasteiger partial charge >= 0.3 is 0 Å². The SMILES string of the molecule is CC.Cc1ccc(C2CCC(OCc3cc(C)cc(C)c3)CC2)cc1. The topological polar surface area (TPSA) is 9.23 Å². The van der Waals surface area contributed by atoms with Gasteiger partial charge < -0.3 is 4.74 Å². The van der Waals surface area contributed by atoms with Crippen LogP contribution in [0.4, 0.5) is 0 Å². The van der Waals surface area contributed by atoms with Crippen molar-refractivity contribution in [3.8, 4) is 0 Å². The van der Waals surface area contributed by atoms with Crippen LogP contribution in [0.25, 0.3) is 0 Å². The van der Waals surface area contributed by atoms with Gasteiger partial charge in [0, 0.05) is 0 Å². The van der Waals surface area contributed by atoms with Crippen molar-refractivity contribution >= 4 is 0 Å². The summed E-state index contributed by atoms with van der Waals surface area (Å²) in [5, 5.41) is 0. The van der Waals surface area contributed by atoms with Crippen LogP contribution in [-0.2, 0) is 11.3 Å². The van der Waals surface area contributed by atoms with Gasteiger partial charge in [0.2, 0.25) is 0 Å². The quantitative estimate of drug-likeness (QED) is 0.590. The molecule has 0 atom stereocenters. The second kappa shape index (κ2) is 9.77. The summed E-state index contributed by atoms with van der Waals surface area (Å²) in [7, 11) is 0. The molecule has 0 aromatic heterocycles. The second-order valence-corrected chi connectivity index (χ2v) is 7.19. The molecule has 1 heteroatoms. The monoisotopic (exact) mass is 338 g/mol. The number of aryl methyl sites for hydroxylation is 3. The summed E-state index contributed by atoms with van der Waals surface area (Å²) < 4.78 is 6.18. The van der Waals surface area contributed by atoms with Crippen LogP contribution < -0.4 is 0 Å². The molecule has 0 aliphatic heterocycles. The van der Waals surface area contributed by atoms with Gasteiger partial charge in [0.25, 0.3) is 0 Å². The Labute approximate surface area is 154 Å². The Bertz CT molecular complexity index is 613. The van der Waals surface area contributed by atoms with E-state index in [1.807, 2.05) is 13.8 Å². The summed E-state index contributed by atoms with van der Waals surface area (Å²) >= 11 is 0. The Balaban J connectivity index is 0.00000109. The molecule has 0 spiro atoms. The third-order valence-corrected chi connectivity index (χ3v) is 4.99. The Morgan fingerprint density at radius 3 is 1.88 bits per heavy atom. The second-order valence-electron chi connectivity index (χ2n) is 7.19. The van der Waals surface area contributed by atoms with Crippen molar-refractivity contribution in [3.05, 3.63) is 70.3 Å². The van der Waals surface area contributed by atoms with Gasteiger partial charge in [0.05, 0.1) is 12.7 Å². The first-order chi connectivity index (χ1) is 12.1. The van der Waals surface area contributed by atoms with Gasteiger partial charge in [-0.15, -0.1) is 0 Å². The van der Waals surface area contributed by atoms with Crippen molar-refractivity contribution < 1.29 is 4.74 Å². The zero-order valence-electron chi connectivity index (χ0n) is 16.6. The molecule has 1 fully saturated rings. The number of rotatable bonds is 4. The van der Waals surface area contributed by atoms with Crippen LogP contribution in [0.3, 0.4) is 0 Å². The first kappa shape index (κ1) is 19.7. The minimum absolute atomic E-state index is 0.428. The normalized spacial score (nSPS) is 19.9. The van der Waals surface area contributed by atoms with E-state index in [1.165, 1.54) is 53.5 Å². The Morgan fingerprint density at radius 2 is 1.32 bits per heavy atom. The minimum atomic E-state index is 0.428. The molecule has 0 amide bonds. The summed E-state index contributed by atoms with van der Waals surface area (Å²) in [5.41, 5.74) is 6.81. The number of ether oxygens (including phenoxy) is 1. The lowest BCUT2D eigenvalue weighted by atomic mass is 9.82. The third kappa shape index (κ3) is 6.01. The van der Waals surface area contributed by atoms with Crippen molar-refractivity contribution in [2.45, 2.75) is 78.9 Å². The molecule has 25 heavy (non-hydrogen) atoms. The summed E-state index contributed by atoms with van der Waals surface area (Å²) in [6.07, 6.45) is 5.30. The smallest absolute Gasteiger partial charge is 0.0720 e. The van der Waals surface area contributed by atoms with E-state index in [0.717, 1.165) is 12.5 Å². The van der Waals surface area contributed by atoms with Gasteiger partial charge in [-0.3, -0.25) is 0 Å². The van der Waals surface area contributed by atoms with Crippen molar-refractivity contribution in [1.82, 2.24) is 0 Å². The van der Waals surface area contributed by atoms with Gasteiger partial charge in [-0.25, -0.2) is 0 Å². The molecule has 1 saturated carbocycles. The molecule has 1 aliphatic rings. The molecule has 136 valence electrons. The van der Waals surface area contributed by atoms with Crippen LogP contribution in [0.1, 0.15) is 73.3 Å². The molecule has 0 heterocycles. The van der Waals surface area contributed by atoms with Crippen LogP contribution in [0, 0.1) is 20.8 Å². The van der Waals surface area contributed by atoms with E-state index in [9.17, 15) is 0 Å². The fourth-order valence-corrected chi connectivity index (χ4v) is 3.77. The average molecular weight is 339 g/mol. The maximum atomic E-state index is 6.18. The standard InChI is InChI=1S/C22H28O.C2H6/c1-16-4-6-20(7-5-16)21-8-10-22(11-9-21)23-15-19-13-17(2)12-18(3)14-19;1-2/h4-7,12-14,21-22H,8-11,15H2,1-3H3;1-2H3. The summed E-state index contributed by atoms with van der Waals surface area (Å²) in [5.74, 6) is 0.719. The molecule has 0 N–H and O–H groups in total. The highest BCUT2D eigenvalue weighted by atomic mass is 16.5. The van der Waals surface area contributed by atoms with Gasteiger partial charge in [0.1, 0.15) is 0 Å². The molecule has 0 radical (unpaired) electrons. The minimum Gasteiger partial charge on any atom is -0.374 e. The predicted molar refractivity (Wildman–Crippen MR) is 108 cm³/mol. The van der Waals surface area contributed by atoms with Crippen LogP contribution in [0.2, 0.25) is 0 Å². The van der Waals surface area contributed by atoms with E-state index >= 15 is 0 Å². The van der Waals surface area contributed by atoms with E-state index < -0.39 is 0 Å². The van der Waals surface area contributed by atoms with E-state index in [2.05, 4.69) is 63.2 Å². The molecule has 1 nitrogen and oxygen atoms in total. The predicted octanol–water partition coefficient (Wildman–Crippen LogP) is 6.88. The maximum absolute atomic E-state index is 6.18. The third-order valence-electron chi connectivity index (χ3n) is 4.99. The lowest BCUT2D eigenvalue weighted by Gasteiger charge is -2.29. The first-order valence-corrected chi connectivity index (χ1v) is 9.85. The van der Waals surface area contributed by atoms with Crippen LogP contribution in [0.15, 0.2) is 42.5 Å². The number of hydrogen-bond donors (Lipinski definition) is 0. The lowest BCUT2D eigenvalue weighted by Crippen LogP contribution is -2.20. The molecule has 2 aromatic rings. The van der Waals surface area contributed by atoms with Gasteiger partial charge in [-0.2, -0.15) is 0 Å². The highest BCUT2D eigenvalue weighted by Gasteiger charge is 2.22. The largest absolute Gasteiger partial charge is 0.374 e. The Morgan fingerprint density at radius 1 is 0.760 bits per heavy atom. The zero-order valence-corrected chi connectivity index (χ0v) is 16.6. The molecule has 0 saturated heterocycles. The van der Waals surface area contributed by atoms with Crippen LogP contribution >= 0.6 is 0 Å². The number of benzene rings is 2. The highest BCUT2D eigenvalue weighted by Crippen LogP contribution is 2.34. The molecular weight excluding hydrogens is 304 g/mol. The van der Waals surface area contributed by atoms with Crippen molar-refractivity contribution in [2.75, 3.05) is 0 Å². The van der Waals surface area contributed by atoms with Crippen molar-refractivity contribution in [2.24, 2.45) is 0 Å². The molecular formula is C24H34O. The highest BCUT2D eigenvalue weighted by molar-refractivity contribution is 5.28. The van der Waals surface area contributed by atoms with E-state index in [1.54, 1.807) is 0 Å². The number of hydrogen-bond acceptors (Lipinski definition) is 1. The molecule has 2 aromatic carbocycles. The van der Waals surface area contributed by atoms with E-state index in [-0.39, 0.29) is 0 Å². The summed E-state index contributed by atoms with van der Waals surface area (Å²) in [6, 6.07) is 15.8. The summed E-state index contributed by atoms with van der Waals surface area (Å²) in [4.78, 5) is 0. The van der Waals surface area contributed by atoms with E-state index in [4.69, 9.17) is 4.74 Å². The molecule has 0 unspecified atom stereocenters. The van der Waals surface area contributed by atoms with Gasteiger partial charge in [0.15, 0.2) is 0 Å². The van der Waals surface area contributed by atoms with E-state index in [0.29, 0.717) is 6.10 Å². The fourth-order valence-electron chi connectivity index (χ4n) is 3.77. The molecule has 3 rings (SSSR count). The fraction of sp³-hybridized carbons (Fsp3) is 0.500. The maximum Gasteiger partial charge on any atom is 0.0720 e. The molecule has 1 aliphatic carbocycles. The summed E-state index contributed by atoms with van der Waals surface area (Å²) in [6.45, 7) is 11.2. The van der Waals surface area contributed by atoms with Crippen molar-refractivity contribution in [3.63, 3.8) is 0 Å². The Kier molecular flexibility index (Phi) is 7.71. The first-order valence-electron chi connectivity index (χ1n) is 9.85. The van der Waals surface area contributed by atoms with Gasteiger partial charge in [-0.1, -0.05) is 73.0 Å². The zero-order chi connectivity index (χ0) is 18.2. The Hall–Kier alpha value is -1.60. The molecule has 0 bridgehead atoms.